The third-order valence-corrected chi connectivity index (χ3v) is 6.65. The summed E-state index contributed by atoms with van der Waals surface area (Å²) in [6.45, 7) is 3.24. The van der Waals surface area contributed by atoms with Gasteiger partial charge in [0, 0.05) is 24.2 Å². The highest BCUT2D eigenvalue weighted by molar-refractivity contribution is 6.50. The molecular formula is C27H30FN3O4. The summed E-state index contributed by atoms with van der Waals surface area (Å²) in [6.07, 6.45) is 2.12. The van der Waals surface area contributed by atoms with E-state index in [9.17, 15) is 23.9 Å². The molecule has 2 heterocycles. The molecule has 1 N–H and O–H groups in total. The number of halogens is 1. The molecule has 7 nitrogen and oxygen atoms in total. The third kappa shape index (κ3) is 3.91. The topological polar surface area (TPSA) is 81.2 Å². The number of aliphatic hydroxyl groups is 1. The lowest BCUT2D eigenvalue weighted by atomic mass is 9.82. The van der Waals surface area contributed by atoms with Crippen LogP contribution in [0.25, 0.3) is 5.76 Å². The van der Waals surface area contributed by atoms with Crippen LogP contribution in [-0.2, 0) is 19.9 Å². The van der Waals surface area contributed by atoms with Crippen LogP contribution in [0.3, 0.4) is 0 Å². The number of carbonyl (C=O) groups excluding carboxylic acids is 3. The number of Topliss-reactive ketones (excluding diaryl/α,β-unsaturated/α-hetero) is 1. The summed E-state index contributed by atoms with van der Waals surface area (Å²) in [6, 6.07) is 12.1. The summed E-state index contributed by atoms with van der Waals surface area (Å²) in [5.74, 6) is -3.17. The van der Waals surface area contributed by atoms with Crippen molar-refractivity contribution in [2.75, 3.05) is 38.6 Å². The summed E-state index contributed by atoms with van der Waals surface area (Å²) in [5.41, 5.74) is -0.766. The highest BCUT2D eigenvalue weighted by Crippen LogP contribution is 2.53. The number of carbonyl (C=O) groups is 3. The van der Waals surface area contributed by atoms with E-state index in [2.05, 4.69) is 0 Å². The minimum Gasteiger partial charge on any atom is -0.507 e. The van der Waals surface area contributed by atoms with E-state index in [1.165, 1.54) is 17.0 Å². The molecule has 1 spiro atoms. The van der Waals surface area contributed by atoms with Gasteiger partial charge in [-0.2, -0.15) is 0 Å². The number of amides is 2. The van der Waals surface area contributed by atoms with Gasteiger partial charge in [0.1, 0.15) is 11.6 Å². The highest BCUT2D eigenvalue weighted by Gasteiger charge is 2.66. The largest absolute Gasteiger partial charge is 0.507 e. The van der Waals surface area contributed by atoms with Crippen LogP contribution in [0.4, 0.5) is 10.1 Å². The lowest BCUT2D eigenvalue weighted by Crippen LogP contribution is -2.52. The molecule has 35 heavy (non-hydrogen) atoms. The van der Waals surface area contributed by atoms with Crippen LogP contribution >= 0.6 is 0 Å². The van der Waals surface area contributed by atoms with Crippen molar-refractivity contribution < 1.29 is 23.9 Å². The Bertz CT molecular complexity index is 1190. The zero-order chi connectivity index (χ0) is 25.3. The lowest BCUT2D eigenvalue weighted by Gasteiger charge is -2.34. The van der Waals surface area contributed by atoms with Crippen molar-refractivity contribution in [1.29, 1.82) is 0 Å². The fourth-order valence-corrected chi connectivity index (χ4v) is 5.00. The molecule has 8 heteroatoms. The fourth-order valence-electron chi connectivity index (χ4n) is 5.00. The maximum absolute atomic E-state index is 14.3. The second kappa shape index (κ2) is 9.62. The van der Waals surface area contributed by atoms with Gasteiger partial charge in [-0.3, -0.25) is 14.4 Å². The lowest BCUT2D eigenvalue weighted by molar-refractivity contribution is -0.143. The first-order valence-electron chi connectivity index (χ1n) is 11.9. The van der Waals surface area contributed by atoms with Gasteiger partial charge < -0.3 is 19.8 Å². The van der Waals surface area contributed by atoms with Crippen molar-refractivity contribution >= 4 is 29.0 Å². The predicted molar refractivity (Wildman–Crippen MR) is 131 cm³/mol. The molecule has 1 saturated heterocycles. The first-order chi connectivity index (χ1) is 16.7. The average molecular weight is 480 g/mol. The number of aliphatic hydroxyl groups excluding tert-OH is 1. The molecule has 0 aromatic heterocycles. The first kappa shape index (κ1) is 24.6. The van der Waals surface area contributed by atoms with Gasteiger partial charge in [-0.15, -0.1) is 0 Å². The molecule has 1 atom stereocenters. The van der Waals surface area contributed by atoms with Crippen molar-refractivity contribution in [2.45, 2.75) is 31.7 Å². The van der Waals surface area contributed by atoms with Crippen molar-refractivity contribution in [3.8, 4) is 0 Å². The number of hydrogen-bond acceptors (Lipinski definition) is 5. The van der Waals surface area contributed by atoms with Crippen LogP contribution in [0.5, 0.6) is 0 Å². The van der Waals surface area contributed by atoms with Crippen LogP contribution in [0, 0.1) is 5.82 Å². The van der Waals surface area contributed by atoms with Gasteiger partial charge >= 0.3 is 0 Å². The van der Waals surface area contributed by atoms with Gasteiger partial charge in [-0.05, 0) is 63.8 Å². The molecule has 1 unspecified atom stereocenters. The Hall–Kier alpha value is -3.52. The van der Waals surface area contributed by atoms with Gasteiger partial charge in [-0.25, -0.2) is 4.39 Å². The number of nitrogens with zero attached hydrogens (tertiary/aromatic N) is 3. The molecule has 0 bridgehead atoms. The monoisotopic (exact) mass is 479 g/mol. The van der Waals surface area contributed by atoms with E-state index in [1.54, 1.807) is 23.1 Å². The van der Waals surface area contributed by atoms with E-state index in [4.69, 9.17) is 0 Å². The van der Waals surface area contributed by atoms with Crippen LogP contribution in [0.15, 0.2) is 54.1 Å². The van der Waals surface area contributed by atoms with E-state index >= 15 is 0 Å². The average Bonchev–Trinajstić information content (AvgIpc) is 3.21. The van der Waals surface area contributed by atoms with Crippen LogP contribution in [-0.4, -0.2) is 66.2 Å². The molecule has 0 aliphatic carbocycles. The number of anilines is 1. The van der Waals surface area contributed by atoms with Gasteiger partial charge in [0.15, 0.2) is 5.54 Å². The predicted octanol–water partition coefficient (Wildman–Crippen LogP) is 3.50. The molecule has 1 fully saturated rings. The fraction of sp³-hybridized carbons (Fsp3) is 0.370. The van der Waals surface area contributed by atoms with Gasteiger partial charge in [0.05, 0.1) is 11.3 Å². The molecule has 4 rings (SSSR count). The van der Waals surface area contributed by atoms with Gasteiger partial charge in [0.25, 0.3) is 17.6 Å². The molecule has 2 aromatic rings. The van der Waals surface area contributed by atoms with Crippen molar-refractivity contribution in [3.05, 3.63) is 71.0 Å². The van der Waals surface area contributed by atoms with Gasteiger partial charge in [-0.1, -0.05) is 31.5 Å². The summed E-state index contributed by atoms with van der Waals surface area (Å²) in [4.78, 5) is 46.0. The Morgan fingerprint density at radius 3 is 2.34 bits per heavy atom. The minimum absolute atomic E-state index is 0.157. The number of fused-ring (bicyclic) bond motifs is 2. The number of ketones is 1. The molecule has 2 aliphatic heterocycles. The van der Waals surface area contributed by atoms with E-state index in [0.717, 1.165) is 25.0 Å². The van der Waals surface area contributed by atoms with Crippen molar-refractivity contribution in [2.24, 2.45) is 0 Å². The number of unbranched alkanes of at least 4 members (excludes halogenated alkanes) is 1. The standard InChI is InChI=1S/C27H30FN3O4/c1-4-5-16-30-21-10-7-6-9-20(21)27(26(30)35)22(23(32)18-11-13-19(28)14-12-18)24(33)25(34)31(27)17-8-15-29(2)3/h6-7,9-14,32H,4-5,8,15-17H2,1-3H3/b23-22+. The van der Waals surface area contributed by atoms with Crippen molar-refractivity contribution in [3.63, 3.8) is 0 Å². The Morgan fingerprint density at radius 1 is 1.00 bits per heavy atom. The number of benzene rings is 2. The summed E-state index contributed by atoms with van der Waals surface area (Å²) in [5, 5.41) is 11.3. The number of para-hydroxylation sites is 1. The molecule has 0 saturated carbocycles. The first-order valence-corrected chi connectivity index (χ1v) is 11.9. The molecule has 0 radical (unpaired) electrons. The van der Waals surface area contributed by atoms with Crippen molar-refractivity contribution in [1.82, 2.24) is 9.80 Å². The Morgan fingerprint density at radius 2 is 1.69 bits per heavy atom. The summed E-state index contributed by atoms with van der Waals surface area (Å²) < 4.78 is 13.6. The van der Waals surface area contributed by atoms with Gasteiger partial charge in [0.2, 0.25) is 0 Å². The SMILES string of the molecule is CCCCN1C(=O)C2(/C(=C(/O)c3ccc(F)cc3)C(=O)C(=O)N2CCCN(C)C)c2ccccc21. The minimum atomic E-state index is -1.77. The smallest absolute Gasteiger partial charge is 0.296 e. The van der Waals surface area contributed by atoms with Crippen LogP contribution < -0.4 is 4.90 Å². The highest BCUT2D eigenvalue weighted by atomic mass is 19.1. The molecule has 2 aromatic carbocycles. The Balaban J connectivity index is 1.97. The van der Waals surface area contributed by atoms with E-state index in [1.807, 2.05) is 32.0 Å². The second-order valence-electron chi connectivity index (χ2n) is 9.21. The second-order valence-corrected chi connectivity index (χ2v) is 9.21. The van der Waals surface area contributed by atoms with Crippen LogP contribution in [0.1, 0.15) is 37.3 Å². The zero-order valence-corrected chi connectivity index (χ0v) is 20.3. The Labute approximate surface area is 204 Å². The van der Waals surface area contributed by atoms with E-state index < -0.39 is 34.7 Å². The quantitative estimate of drug-likeness (QED) is 0.356. The molecule has 184 valence electrons. The summed E-state index contributed by atoms with van der Waals surface area (Å²) >= 11 is 0. The third-order valence-electron chi connectivity index (χ3n) is 6.65. The maximum atomic E-state index is 14.3. The zero-order valence-electron chi connectivity index (χ0n) is 20.3. The molecule has 2 amide bonds. The number of likely N-dealkylation sites (tertiary alicyclic amines) is 1. The maximum Gasteiger partial charge on any atom is 0.296 e. The summed E-state index contributed by atoms with van der Waals surface area (Å²) in [7, 11) is 3.81. The molecular weight excluding hydrogens is 449 g/mol. The van der Waals surface area contributed by atoms with E-state index in [-0.39, 0.29) is 17.7 Å². The normalized spacial score (nSPS) is 21.0. The number of rotatable bonds is 8. The van der Waals surface area contributed by atoms with Crippen LogP contribution in [0.2, 0.25) is 0 Å². The Kier molecular flexibility index (Phi) is 6.76. The number of hydrogen-bond donors (Lipinski definition) is 1. The van der Waals surface area contributed by atoms with E-state index in [0.29, 0.717) is 30.8 Å². The molecule has 2 aliphatic rings.